The molecule has 19 heavy (non-hydrogen) atoms. The number of carbonyl (C=O) groups is 1. The van der Waals surface area contributed by atoms with Crippen LogP contribution in [0.3, 0.4) is 0 Å². The molecule has 1 amide bonds. The molecule has 0 radical (unpaired) electrons. The van der Waals surface area contributed by atoms with Crippen LogP contribution in [0.5, 0.6) is 0 Å². The molecular formula is C13H20N4O2. The van der Waals surface area contributed by atoms with E-state index in [9.17, 15) is 4.79 Å². The van der Waals surface area contributed by atoms with Crippen LogP contribution in [0.4, 0.5) is 5.69 Å². The highest BCUT2D eigenvalue weighted by atomic mass is 16.5. The highest BCUT2D eigenvalue weighted by molar-refractivity contribution is 5.93. The summed E-state index contributed by atoms with van der Waals surface area (Å²) in [5.41, 5.74) is 0.767. The molecule has 0 aliphatic carbocycles. The van der Waals surface area contributed by atoms with Gasteiger partial charge in [0.1, 0.15) is 0 Å². The number of amides is 1. The minimum absolute atomic E-state index is 0.112. The van der Waals surface area contributed by atoms with Crippen LogP contribution in [0.15, 0.2) is 12.4 Å². The summed E-state index contributed by atoms with van der Waals surface area (Å²) in [5, 5.41) is 10.6. The largest absolute Gasteiger partial charge is 0.383 e. The number of fused-ring (bicyclic) bond motifs is 2. The zero-order valence-corrected chi connectivity index (χ0v) is 11.1. The fraction of sp³-hybridized carbons (Fsp3) is 0.692. The van der Waals surface area contributed by atoms with Crippen LogP contribution in [-0.4, -0.2) is 41.5 Å². The molecule has 1 aromatic heterocycles. The second-order valence-electron chi connectivity index (χ2n) is 5.36. The normalized spacial score (nSPS) is 28.8. The van der Waals surface area contributed by atoms with Gasteiger partial charge in [-0.1, -0.05) is 0 Å². The van der Waals surface area contributed by atoms with Crippen LogP contribution in [0.1, 0.15) is 19.3 Å². The lowest BCUT2D eigenvalue weighted by Gasteiger charge is -2.18. The smallest absolute Gasteiger partial charge is 0.229 e. The summed E-state index contributed by atoms with van der Waals surface area (Å²) in [5.74, 6) is 0.229. The highest BCUT2D eigenvalue weighted by Crippen LogP contribution is 2.33. The number of carbonyl (C=O) groups excluding carboxylic acids is 1. The highest BCUT2D eigenvalue weighted by Gasteiger charge is 2.42. The average molecular weight is 264 g/mol. The summed E-state index contributed by atoms with van der Waals surface area (Å²) in [7, 11) is 1.66. The van der Waals surface area contributed by atoms with Gasteiger partial charge in [0, 0.05) is 25.4 Å². The number of anilines is 1. The van der Waals surface area contributed by atoms with Gasteiger partial charge in [-0.15, -0.1) is 0 Å². The molecule has 2 saturated heterocycles. The zero-order valence-electron chi connectivity index (χ0n) is 11.1. The molecule has 2 bridgehead atoms. The summed E-state index contributed by atoms with van der Waals surface area (Å²) >= 11 is 0. The molecule has 0 saturated carbocycles. The molecule has 2 fully saturated rings. The van der Waals surface area contributed by atoms with E-state index in [0.717, 1.165) is 18.5 Å². The van der Waals surface area contributed by atoms with Crippen molar-refractivity contribution in [1.82, 2.24) is 15.1 Å². The summed E-state index contributed by atoms with van der Waals surface area (Å²) in [6.45, 7) is 1.31. The SMILES string of the molecule is COCCn1cc(NC(=O)C2CC3CCC2N3)cn1. The van der Waals surface area contributed by atoms with E-state index in [1.165, 1.54) is 6.42 Å². The Kier molecular flexibility index (Phi) is 3.52. The molecule has 6 heteroatoms. The van der Waals surface area contributed by atoms with Gasteiger partial charge in [0.05, 0.1) is 31.0 Å². The number of nitrogens with one attached hydrogen (secondary N) is 2. The van der Waals surface area contributed by atoms with Crippen molar-refractivity contribution in [3.63, 3.8) is 0 Å². The van der Waals surface area contributed by atoms with Gasteiger partial charge < -0.3 is 15.4 Å². The van der Waals surface area contributed by atoms with Gasteiger partial charge in [-0.05, 0) is 19.3 Å². The van der Waals surface area contributed by atoms with Gasteiger partial charge in [-0.25, -0.2) is 0 Å². The first-order valence-electron chi connectivity index (χ1n) is 6.84. The van der Waals surface area contributed by atoms with Gasteiger partial charge in [0.15, 0.2) is 0 Å². The predicted molar refractivity (Wildman–Crippen MR) is 70.8 cm³/mol. The van der Waals surface area contributed by atoms with Crippen molar-refractivity contribution in [2.24, 2.45) is 5.92 Å². The van der Waals surface area contributed by atoms with Crippen molar-refractivity contribution in [2.45, 2.75) is 37.9 Å². The number of methoxy groups -OCH3 is 1. The summed E-state index contributed by atoms with van der Waals surface area (Å²) in [4.78, 5) is 12.2. The lowest BCUT2D eigenvalue weighted by atomic mass is 9.88. The Hall–Kier alpha value is -1.40. The van der Waals surface area contributed by atoms with E-state index in [0.29, 0.717) is 25.2 Å². The standard InChI is InChI=1S/C13H20N4O2/c1-19-5-4-17-8-10(7-14-17)16-13(18)11-6-9-2-3-12(11)15-9/h7-9,11-12,15H,2-6H2,1H3,(H,16,18). The van der Waals surface area contributed by atoms with E-state index in [4.69, 9.17) is 4.74 Å². The summed E-state index contributed by atoms with van der Waals surface area (Å²) in [6.07, 6.45) is 6.83. The third-order valence-corrected chi connectivity index (χ3v) is 4.06. The lowest BCUT2D eigenvalue weighted by molar-refractivity contribution is -0.120. The van der Waals surface area contributed by atoms with Gasteiger partial charge in [-0.3, -0.25) is 9.48 Å². The minimum Gasteiger partial charge on any atom is -0.383 e. The maximum atomic E-state index is 12.2. The van der Waals surface area contributed by atoms with E-state index in [2.05, 4.69) is 15.7 Å². The Balaban J connectivity index is 1.56. The molecule has 1 aromatic rings. The fourth-order valence-corrected chi connectivity index (χ4v) is 3.08. The Morgan fingerprint density at radius 3 is 3.21 bits per heavy atom. The summed E-state index contributed by atoms with van der Waals surface area (Å²) < 4.78 is 6.77. The predicted octanol–water partition coefficient (Wildman–Crippen LogP) is 0.608. The molecule has 3 heterocycles. The lowest BCUT2D eigenvalue weighted by Crippen LogP contribution is -2.32. The van der Waals surface area contributed by atoms with Crippen LogP contribution >= 0.6 is 0 Å². The molecule has 3 rings (SSSR count). The monoisotopic (exact) mass is 264 g/mol. The van der Waals surface area contributed by atoms with Crippen molar-refractivity contribution in [3.05, 3.63) is 12.4 Å². The molecule has 0 aromatic carbocycles. The number of ether oxygens (including phenoxy) is 1. The molecule has 3 atom stereocenters. The number of nitrogens with zero attached hydrogens (tertiary/aromatic N) is 2. The van der Waals surface area contributed by atoms with Gasteiger partial charge >= 0.3 is 0 Å². The third kappa shape index (κ3) is 2.64. The molecule has 6 nitrogen and oxygen atoms in total. The molecular weight excluding hydrogens is 244 g/mol. The van der Waals surface area contributed by atoms with E-state index >= 15 is 0 Å². The Bertz CT molecular complexity index is 459. The van der Waals surface area contributed by atoms with Crippen molar-refractivity contribution >= 4 is 11.6 Å². The first-order chi connectivity index (χ1) is 9.26. The number of aromatic nitrogens is 2. The molecule has 2 N–H and O–H groups in total. The van der Waals surface area contributed by atoms with Crippen molar-refractivity contribution in [2.75, 3.05) is 19.0 Å². The Labute approximate surface area is 112 Å². The van der Waals surface area contributed by atoms with Gasteiger partial charge in [-0.2, -0.15) is 5.10 Å². The van der Waals surface area contributed by atoms with Crippen molar-refractivity contribution < 1.29 is 9.53 Å². The molecule has 2 aliphatic heterocycles. The van der Waals surface area contributed by atoms with Crippen LogP contribution in [-0.2, 0) is 16.1 Å². The van der Waals surface area contributed by atoms with Crippen LogP contribution in [0, 0.1) is 5.92 Å². The second-order valence-corrected chi connectivity index (χ2v) is 5.36. The minimum atomic E-state index is 0.112. The van der Waals surface area contributed by atoms with E-state index in [-0.39, 0.29) is 11.8 Å². The van der Waals surface area contributed by atoms with Gasteiger partial charge in [0.25, 0.3) is 0 Å². The molecule has 3 unspecified atom stereocenters. The van der Waals surface area contributed by atoms with Crippen LogP contribution in [0.25, 0.3) is 0 Å². The number of hydrogen-bond acceptors (Lipinski definition) is 4. The fourth-order valence-electron chi connectivity index (χ4n) is 3.08. The van der Waals surface area contributed by atoms with Crippen LogP contribution in [0.2, 0.25) is 0 Å². The quantitative estimate of drug-likeness (QED) is 0.817. The summed E-state index contributed by atoms with van der Waals surface area (Å²) in [6, 6.07) is 0.915. The third-order valence-electron chi connectivity index (χ3n) is 4.06. The average Bonchev–Trinajstić information content (AvgIpc) is 3.12. The van der Waals surface area contributed by atoms with E-state index in [1.54, 1.807) is 18.0 Å². The molecule has 2 aliphatic rings. The number of hydrogen-bond donors (Lipinski definition) is 2. The van der Waals surface area contributed by atoms with Crippen LogP contribution < -0.4 is 10.6 Å². The van der Waals surface area contributed by atoms with E-state index in [1.807, 2.05) is 6.20 Å². The number of rotatable bonds is 5. The van der Waals surface area contributed by atoms with Crippen molar-refractivity contribution in [3.8, 4) is 0 Å². The maximum Gasteiger partial charge on any atom is 0.229 e. The van der Waals surface area contributed by atoms with E-state index < -0.39 is 0 Å². The molecule has 104 valence electrons. The molecule has 0 spiro atoms. The van der Waals surface area contributed by atoms with Crippen molar-refractivity contribution in [1.29, 1.82) is 0 Å². The van der Waals surface area contributed by atoms with Gasteiger partial charge in [0.2, 0.25) is 5.91 Å². The zero-order chi connectivity index (χ0) is 13.2. The topological polar surface area (TPSA) is 68.2 Å². The Morgan fingerprint density at radius 2 is 2.53 bits per heavy atom. The Morgan fingerprint density at radius 1 is 1.63 bits per heavy atom. The first kappa shape index (κ1) is 12.6. The first-order valence-corrected chi connectivity index (χ1v) is 6.84. The second kappa shape index (κ2) is 5.30. The maximum absolute atomic E-state index is 12.2.